The van der Waals surface area contributed by atoms with E-state index in [1.54, 1.807) is 0 Å². The third-order valence-corrected chi connectivity index (χ3v) is 4.46. The lowest BCUT2D eigenvalue weighted by Crippen LogP contribution is -2.40. The highest BCUT2D eigenvalue weighted by molar-refractivity contribution is 7.71. The van der Waals surface area contributed by atoms with E-state index in [-0.39, 0.29) is 5.56 Å². The largest absolute Gasteiger partial charge is 0.358 e. The van der Waals surface area contributed by atoms with Crippen LogP contribution in [0.3, 0.4) is 0 Å². The summed E-state index contributed by atoms with van der Waals surface area (Å²) < 4.78 is 2.36. The Balaban J connectivity index is 1.79. The van der Waals surface area contributed by atoms with E-state index in [1.165, 1.54) is 5.56 Å². The Morgan fingerprint density at radius 2 is 2.08 bits per heavy atom. The molecule has 1 aliphatic rings. The average Bonchev–Trinajstić information content (AvgIpc) is 2.57. The molecule has 0 atom stereocenters. The van der Waals surface area contributed by atoms with Crippen LogP contribution >= 0.6 is 12.2 Å². The predicted octanol–water partition coefficient (Wildman–Crippen LogP) is 2.91. The van der Waals surface area contributed by atoms with E-state index in [2.05, 4.69) is 46.0 Å². The average molecular weight is 342 g/mol. The number of aromatic nitrogens is 2. The molecular weight excluding hydrogens is 320 g/mol. The summed E-state index contributed by atoms with van der Waals surface area (Å²) in [5, 5.41) is 3.37. The quantitative estimate of drug-likeness (QED) is 0.648. The summed E-state index contributed by atoms with van der Waals surface area (Å²) >= 11 is 5.30. The van der Waals surface area contributed by atoms with Crippen molar-refractivity contribution in [3.05, 3.63) is 68.7 Å². The van der Waals surface area contributed by atoms with Crippen molar-refractivity contribution < 1.29 is 0 Å². The maximum absolute atomic E-state index is 12.3. The van der Waals surface area contributed by atoms with Crippen LogP contribution in [0.25, 0.3) is 0 Å². The first kappa shape index (κ1) is 16.7. The summed E-state index contributed by atoms with van der Waals surface area (Å²) in [4.78, 5) is 17.3. The van der Waals surface area contributed by atoms with Gasteiger partial charge in [0.05, 0.1) is 12.2 Å². The van der Waals surface area contributed by atoms with Gasteiger partial charge in [-0.1, -0.05) is 42.5 Å². The van der Waals surface area contributed by atoms with E-state index in [0.717, 1.165) is 29.9 Å². The molecule has 0 spiro atoms. The molecule has 1 aromatic heterocycles. The van der Waals surface area contributed by atoms with Crippen LogP contribution in [0.5, 0.6) is 0 Å². The van der Waals surface area contributed by atoms with Gasteiger partial charge in [0.15, 0.2) is 4.77 Å². The molecule has 0 unspecified atom stereocenters. The molecule has 6 heteroatoms. The van der Waals surface area contributed by atoms with Crippen molar-refractivity contribution in [3.8, 4) is 0 Å². The maximum Gasteiger partial charge on any atom is 0.258 e. The molecule has 24 heavy (non-hydrogen) atoms. The molecule has 1 aliphatic heterocycles. The fraction of sp³-hybridized carbons (Fsp3) is 0.333. The minimum Gasteiger partial charge on any atom is -0.358 e. The smallest absolute Gasteiger partial charge is 0.258 e. The van der Waals surface area contributed by atoms with Gasteiger partial charge < -0.3 is 9.88 Å². The number of aromatic amines is 1. The van der Waals surface area contributed by atoms with Crippen molar-refractivity contribution >= 4 is 18.0 Å². The van der Waals surface area contributed by atoms with Crippen molar-refractivity contribution in [2.75, 3.05) is 18.5 Å². The number of fused-ring (bicyclic) bond motifs is 1. The van der Waals surface area contributed by atoms with Crippen LogP contribution in [0.15, 0.2) is 47.3 Å². The molecule has 3 rings (SSSR count). The minimum atomic E-state index is -0.107. The number of anilines is 1. The zero-order valence-corrected chi connectivity index (χ0v) is 14.7. The van der Waals surface area contributed by atoms with Crippen molar-refractivity contribution in [2.24, 2.45) is 0 Å². The summed E-state index contributed by atoms with van der Waals surface area (Å²) in [7, 11) is 0. The molecular formula is C18H22N4OS. The Bertz CT molecular complexity index is 854. The van der Waals surface area contributed by atoms with Gasteiger partial charge in [0.25, 0.3) is 5.56 Å². The number of nitrogens with one attached hydrogen (secondary N) is 2. The topological polar surface area (TPSA) is 53.1 Å². The van der Waals surface area contributed by atoms with Gasteiger partial charge in [0.2, 0.25) is 0 Å². The van der Waals surface area contributed by atoms with Crippen LogP contribution in [0.1, 0.15) is 18.1 Å². The number of hydrogen-bond acceptors (Lipinski definition) is 4. The maximum atomic E-state index is 12.3. The molecule has 0 radical (unpaired) electrons. The van der Waals surface area contributed by atoms with Gasteiger partial charge in [-0.2, -0.15) is 0 Å². The zero-order valence-electron chi connectivity index (χ0n) is 13.8. The Morgan fingerprint density at radius 3 is 2.79 bits per heavy atom. The Kier molecular flexibility index (Phi) is 4.97. The number of H-pyrrole nitrogens is 1. The van der Waals surface area contributed by atoms with Crippen LogP contribution in [0.4, 0.5) is 5.82 Å². The van der Waals surface area contributed by atoms with E-state index >= 15 is 0 Å². The molecule has 2 heterocycles. The van der Waals surface area contributed by atoms with Gasteiger partial charge in [-0.3, -0.25) is 14.7 Å². The summed E-state index contributed by atoms with van der Waals surface area (Å²) in [5.41, 5.74) is 2.93. The SMILES string of the molecule is C=C(C)Cn1c2c(c(=O)[nH]c1=S)CN(CCc1ccccc1)CN2. The number of rotatable bonds is 5. The van der Waals surface area contributed by atoms with Crippen LogP contribution in [-0.2, 0) is 19.5 Å². The molecule has 126 valence electrons. The van der Waals surface area contributed by atoms with E-state index in [0.29, 0.717) is 24.5 Å². The second kappa shape index (κ2) is 7.15. The number of allylic oxidation sites excluding steroid dienone is 1. The van der Waals surface area contributed by atoms with Crippen LogP contribution in [-0.4, -0.2) is 27.7 Å². The standard InChI is InChI=1S/C18H22N4OS/c1-13(2)10-22-16-15(17(23)20-18(22)24)11-21(12-19-16)9-8-14-6-4-3-5-7-14/h3-7,19H,1,8-12H2,2H3,(H,20,23,24). The zero-order chi connectivity index (χ0) is 17.1. The first-order valence-corrected chi connectivity index (χ1v) is 8.46. The first-order valence-electron chi connectivity index (χ1n) is 8.05. The van der Waals surface area contributed by atoms with Gasteiger partial charge in [-0.05, 0) is 31.1 Å². The van der Waals surface area contributed by atoms with E-state index < -0.39 is 0 Å². The van der Waals surface area contributed by atoms with Crippen LogP contribution in [0.2, 0.25) is 0 Å². The monoisotopic (exact) mass is 342 g/mol. The highest BCUT2D eigenvalue weighted by Gasteiger charge is 2.21. The highest BCUT2D eigenvalue weighted by Crippen LogP contribution is 2.20. The fourth-order valence-electron chi connectivity index (χ4n) is 2.94. The lowest BCUT2D eigenvalue weighted by Gasteiger charge is -2.31. The number of nitrogens with zero attached hydrogens (tertiary/aromatic N) is 2. The molecule has 0 amide bonds. The second-order valence-electron chi connectivity index (χ2n) is 6.25. The summed E-state index contributed by atoms with van der Waals surface area (Å²) in [6.45, 7) is 8.72. The molecule has 5 nitrogen and oxygen atoms in total. The first-order chi connectivity index (χ1) is 11.5. The second-order valence-corrected chi connectivity index (χ2v) is 6.64. The molecule has 1 aromatic carbocycles. The number of hydrogen-bond donors (Lipinski definition) is 2. The van der Waals surface area contributed by atoms with Crippen molar-refractivity contribution in [3.63, 3.8) is 0 Å². The summed E-state index contributed by atoms with van der Waals surface area (Å²) in [6, 6.07) is 10.4. The van der Waals surface area contributed by atoms with Gasteiger partial charge in [-0.15, -0.1) is 0 Å². The Morgan fingerprint density at radius 1 is 1.33 bits per heavy atom. The van der Waals surface area contributed by atoms with Crippen molar-refractivity contribution in [1.29, 1.82) is 0 Å². The molecule has 2 aromatic rings. The molecule has 0 saturated carbocycles. The third kappa shape index (κ3) is 3.66. The molecule has 0 bridgehead atoms. The minimum absolute atomic E-state index is 0.107. The third-order valence-electron chi connectivity index (χ3n) is 4.13. The number of benzene rings is 1. The van der Waals surface area contributed by atoms with Gasteiger partial charge in [0.1, 0.15) is 5.82 Å². The highest BCUT2D eigenvalue weighted by atomic mass is 32.1. The van der Waals surface area contributed by atoms with Crippen LogP contribution in [0, 0.1) is 4.77 Å². The molecule has 0 aliphatic carbocycles. The Hall–Kier alpha value is -2.18. The van der Waals surface area contributed by atoms with E-state index in [4.69, 9.17) is 12.2 Å². The van der Waals surface area contributed by atoms with E-state index in [1.807, 2.05) is 17.6 Å². The fourth-order valence-corrected chi connectivity index (χ4v) is 3.19. The lowest BCUT2D eigenvalue weighted by molar-refractivity contribution is 0.275. The summed E-state index contributed by atoms with van der Waals surface area (Å²) in [5.74, 6) is 0.822. The van der Waals surface area contributed by atoms with Crippen LogP contribution < -0.4 is 10.9 Å². The molecule has 0 saturated heterocycles. The lowest BCUT2D eigenvalue weighted by atomic mass is 10.1. The Labute approximate surface area is 146 Å². The molecule has 0 fully saturated rings. The van der Waals surface area contributed by atoms with Gasteiger partial charge in [-0.25, -0.2) is 0 Å². The van der Waals surface area contributed by atoms with Crippen molar-refractivity contribution in [2.45, 2.75) is 26.4 Å². The van der Waals surface area contributed by atoms with Gasteiger partial charge in [0, 0.05) is 19.6 Å². The van der Waals surface area contributed by atoms with Crippen molar-refractivity contribution in [1.82, 2.24) is 14.5 Å². The molecule has 2 N–H and O–H groups in total. The predicted molar refractivity (Wildman–Crippen MR) is 99.7 cm³/mol. The summed E-state index contributed by atoms with van der Waals surface area (Å²) in [6.07, 6.45) is 0.959. The van der Waals surface area contributed by atoms with Gasteiger partial charge >= 0.3 is 0 Å². The normalized spacial score (nSPS) is 14.0. The van der Waals surface area contributed by atoms with E-state index in [9.17, 15) is 4.79 Å².